The molecule has 1 fully saturated rings. The van der Waals surface area contributed by atoms with Crippen molar-refractivity contribution < 1.29 is 4.59 Å². The largest absolute Gasteiger partial charge is 0.356 e. The lowest BCUT2D eigenvalue weighted by Crippen LogP contribution is -2.54. The van der Waals surface area contributed by atoms with E-state index in [0.717, 1.165) is 54.4 Å². The number of nitrogens with zero attached hydrogens (tertiary/aromatic N) is 5. The van der Waals surface area contributed by atoms with Gasteiger partial charge in [-0.15, -0.1) is 11.3 Å². The summed E-state index contributed by atoms with van der Waals surface area (Å²) in [5.74, 6) is 1.80. The van der Waals surface area contributed by atoms with Crippen LogP contribution in [0.4, 0.5) is 5.82 Å². The molecule has 1 saturated heterocycles. The Bertz CT molecular complexity index is 973. The molecule has 7 heteroatoms. The molecule has 4 rings (SSSR count). The van der Waals surface area contributed by atoms with E-state index in [1.807, 2.05) is 0 Å². The fraction of sp³-hybridized carbons (Fsp3) is 0.500. The molecule has 0 bridgehead atoms. The van der Waals surface area contributed by atoms with Gasteiger partial charge in [0, 0.05) is 30.6 Å². The molecule has 1 aromatic carbocycles. The molecule has 1 aliphatic heterocycles. The summed E-state index contributed by atoms with van der Waals surface area (Å²) in [5.41, 5.74) is 8.26. The minimum absolute atomic E-state index is 0.708. The van der Waals surface area contributed by atoms with Crippen molar-refractivity contribution in [2.24, 2.45) is 11.7 Å². The highest BCUT2D eigenvalue weighted by Gasteiger charge is 2.28. The van der Waals surface area contributed by atoms with Gasteiger partial charge in [0.05, 0.1) is 33.1 Å². The van der Waals surface area contributed by atoms with Crippen LogP contribution in [0.15, 0.2) is 42.0 Å². The van der Waals surface area contributed by atoms with Crippen molar-refractivity contribution in [1.29, 1.82) is 0 Å². The molecule has 0 atom stereocenters. The molecule has 6 nitrogen and oxygen atoms in total. The van der Waals surface area contributed by atoms with E-state index >= 15 is 0 Å². The van der Waals surface area contributed by atoms with E-state index in [-0.39, 0.29) is 0 Å². The van der Waals surface area contributed by atoms with Gasteiger partial charge in [-0.25, -0.2) is 9.97 Å². The average molecular weight is 440 g/mol. The quantitative estimate of drug-likeness (QED) is 0.427. The van der Waals surface area contributed by atoms with Gasteiger partial charge in [-0.1, -0.05) is 30.3 Å². The smallest absolute Gasteiger partial charge is 0.141 e. The lowest BCUT2D eigenvalue weighted by Gasteiger charge is -2.41. The molecule has 0 amide bonds. The van der Waals surface area contributed by atoms with Gasteiger partial charge in [0.1, 0.15) is 17.0 Å². The maximum atomic E-state index is 5.78. The molecule has 1 aliphatic rings. The second-order valence-corrected chi connectivity index (χ2v) is 10.2. The number of hydrogen-bond acceptors (Lipinski definition) is 6. The minimum atomic E-state index is 0.708. The predicted octanol–water partition coefficient (Wildman–Crippen LogP) is 3.85. The topological polar surface area (TPSA) is 58.3 Å². The number of hydrogen-bond donors (Lipinski definition) is 1. The Morgan fingerprint density at radius 2 is 1.87 bits per heavy atom. The average Bonchev–Trinajstić information content (AvgIpc) is 3.21. The second-order valence-electron chi connectivity index (χ2n) is 9.32. The first kappa shape index (κ1) is 22.1. The van der Waals surface area contributed by atoms with Crippen molar-refractivity contribution in [1.82, 2.24) is 15.0 Å². The van der Waals surface area contributed by atoms with Crippen LogP contribution in [0.25, 0.3) is 21.3 Å². The standard InChI is InChI=1S/C24H35N6S/c1-30(2,3)29(13-7-12-25)16-19-10-14-28(15-11-19)23-22-21(20-8-5-4-6-9-20)17-31-24(22)27-18-26-23/h4-6,8-9,17-19H,7,10-16,25H2,1-3H3/q+1. The molecule has 0 unspecified atom stereocenters. The molecular weight excluding hydrogens is 404 g/mol. The number of aromatic nitrogens is 2. The summed E-state index contributed by atoms with van der Waals surface area (Å²) in [6.45, 7) is 5.03. The Hall–Kier alpha value is -2.06. The van der Waals surface area contributed by atoms with Crippen molar-refractivity contribution in [3.63, 3.8) is 0 Å². The third-order valence-electron chi connectivity index (χ3n) is 6.29. The molecule has 166 valence electrons. The van der Waals surface area contributed by atoms with E-state index in [9.17, 15) is 0 Å². The summed E-state index contributed by atoms with van der Waals surface area (Å²) >= 11 is 1.71. The first-order chi connectivity index (χ1) is 15.0. The molecule has 3 aromatic rings. The molecule has 0 radical (unpaired) electrons. The van der Waals surface area contributed by atoms with Crippen molar-refractivity contribution in [2.45, 2.75) is 19.3 Å². The molecule has 3 heterocycles. The van der Waals surface area contributed by atoms with Crippen LogP contribution in [0.3, 0.4) is 0 Å². The van der Waals surface area contributed by atoms with E-state index in [2.05, 4.69) is 71.7 Å². The lowest BCUT2D eigenvalue weighted by molar-refractivity contribution is -0.987. The Morgan fingerprint density at radius 3 is 2.55 bits per heavy atom. The van der Waals surface area contributed by atoms with Gasteiger partial charge in [-0.2, -0.15) is 5.01 Å². The monoisotopic (exact) mass is 439 g/mol. The fourth-order valence-corrected chi connectivity index (χ4v) is 5.38. The van der Waals surface area contributed by atoms with E-state index < -0.39 is 0 Å². The van der Waals surface area contributed by atoms with Crippen molar-refractivity contribution >= 4 is 27.4 Å². The summed E-state index contributed by atoms with van der Waals surface area (Å²) in [6, 6.07) is 10.6. The molecule has 0 aliphatic carbocycles. The Labute approximate surface area is 189 Å². The Balaban J connectivity index is 1.50. The summed E-state index contributed by atoms with van der Waals surface area (Å²) in [4.78, 5) is 12.8. The molecule has 2 N–H and O–H groups in total. The maximum absolute atomic E-state index is 5.78. The summed E-state index contributed by atoms with van der Waals surface area (Å²) in [7, 11) is 6.76. The molecule has 2 aromatic heterocycles. The Kier molecular flexibility index (Phi) is 6.86. The first-order valence-corrected chi connectivity index (χ1v) is 12.1. The van der Waals surface area contributed by atoms with Gasteiger partial charge in [0.25, 0.3) is 0 Å². The van der Waals surface area contributed by atoms with Crippen LogP contribution in [0, 0.1) is 5.92 Å². The van der Waals surface area contributed by atoms with E-state index in [4.69, 9.17) is 10.7 Å². The van der Waals surface area contributed by atoms with Crippen LogP contribution in [-0.4, -0.2) is 73.4 Å². The highest BCUT2D eigenvalue weighted by atomic mass is 32.1. The molecule has 0 spiro atoms. The first-order valence-electron chi connectivity index (χ1n) is 11.3. The van der Waals surface area contributed by atoms with E-state index in [1.165, 1.54) is 29.4 Å². The van der Waals surface area contributed by atoms with Gasteiger partial charge in [0.15, 0.2) is 0 Å². The summed E-state index contributed by atoms with van der Waals surface area (Å²) < 4.78 is 0.863. The number of quaternary nitrogens is 1. The SMILES string of the molecule is C[N+](C)(C)N(CCCN)CC1CCN(c2ncnc3scc(-c4ccccc4)c23)CC1. The highest BCUT2D eigenvalue weighted by molar-refractivity contribution is 7.17. The molecular formula is C24H35N6S+. The highest BCUT2D eigenvalue weighted by Crippen LogP contribution is 2.38. The van der Waals surface area contributed by atoms with Crippen molar-refractivity contribution in [3.8, 4) is 11.1 Å². The lowest BCUT2D eigenvalue weighted by atomic mass is 9.96. The van der Waals surface area contributed by atoms with Gasteiger partial charge in [0.2, 0.25) is 0 Å². The number of fused-ring (bicyclic) bond motifs is 1. The van der Waals surface area contributed by atoms with Gasteiger partial charge < -0.3 is 10.6 Å². The van der Waals surface area contributed by atoms with Crippen LogP contribution in [0.1, 0.15) is 19.3 Å². The number of anilines is 1. The zero-order valence-electron chi connectivity index (χ0n) is 19.0. The van der Waals surface area contributed by atoms with Crippen LogP contribution < -0.4 is 10.6 Å². The number of benzene rings is 1. The predicted molar refractivity (Wildman–Crippen MR) is 131 cm³/mol. The van der Waals surface area contributed by atoms with Gasteiger partial charge in [-0.05, 0) is 37.3 Å². The minimum Gasteiger partial charge on any atom is -0.356 e. The maximum Gasteiger partial charge on any atom is 0.141 e. The summed E-state index contributed by atoms with van der Waals surface area (Å²) in [6.07, 6.45) is 5.15. The van der Waals surface area contributed by atoms with Crippen molar-refractivity contribution in [2.75, 3.05) is 58.8 Å². The number of thiophene rings is 1. The summed E-state index contributed by atoms with van der Waals surface area (Å²) in [5, 5.41) is 5.98. The third-order valence-corrected chi connectivity index (χ3v) is 7.17. The van der Waals surface area contributed by atoms with Gasteiger partial charge >= 0.3 is 0 Å². The van der Waals surface area contributed by atoms with E-state index in [0.29, 0.717) is 5.92 Å². The number of nitrogens with two attached hydrogens (primary N) is 1. The Morgan fingerprint density at radius 1 is 1.13 bits per heavy atom. The zero-order valence-corrected chi connectivity index (χ0v) is 19.8. The third kappa shape index (κ3) is 5.06. The number of piperidine rings is 1. The van der Waals surface area contributed by atoms with Crippen LogP contribution in [0.2, 0.25) is 0 Å². The zero-order chi connectivity index (χ0) is 21.8. The van der Waals surface area contributed by atoms with E-state index in [1.54, 1.807) is 17.7 Å². The molecule has 31 heavy (non-hydrogen) atoms. The normalized spacial score (nSPS) is 15.8. The van der Waals surface area contributed by atoms with Crippen LogP contribution in [0.5, 0.6) is 0 Å². The fourth-order valence-electron chi connectivity index (χ4n) is 4.46. The number of rotatable bonds is 8. The van der Waals surface area contributed by atoms with Gasteiger partial charge in [-0.3, -0.25) is 4.59 Å². The molecule has 0 saturated carbocycles. The second kappa shape index (κ2) is 9.61. The van der Waals surface area contributed by atoms with Crippen LogP contribution in [-0.2, 0) is 0 Å². The van der Waals surface area contributed by atoms with Crippen LogP contribution >= 0.6 is 11.3 Å². The van der Waals surface area contributed by atoms with Crippen molar-refractivity contribution in [3.05, 3.63) is 42.0 Å².